The molecule has 0 aromatic heterocycles. The average Bonchev–Trinajstić information content (AvgIpc) is 2.28. The van der Waals surface area contributed by atoms with E-state index in [0.29, 0.717) is 30.7 Å². The molecule has 2 unspecified atom stereocenters. The second-order valence-corrected chi connectivity index (χ2v) is 6.61. The molecule has 3 saturated heterocycles. The van der Waals surface area contributed by atoms with Gasteiger partial charge in [-0.15, -0.1) is 0 Å². The van der Waals surface area contributed by atoms with Crippen molar-refractivity contribution in [2.24, 2.45) is 0 Å². The minimum absolute atomic E-state index is 0.296. The van der Waals surface area contributed by atoms with Gasteiger partial charge in [0.2, 0.25) is 0 Å². The van der Waals surface area contributed by atoms with Crippen LogP contribution >= 0.6 is 0 Å². The first-order valence-electron chi connectivity index (χ1n) is 7.21. The molecule has 0 aromatic rings. The predicted octanol–water partition coefficient (Wildman–Crippen LogP) is 1.55. The first-order chi connectivity index (χ1) is 8.36. The topological polar surface area (TPSA) is 40.5 Å². The number of piperidine rings is 2. The third-order valence-corrected chi connectivity index (χ3v) is 5.12. The first kappa shape index (κ1) is 13.8. The van der Waals surface area contributed by atoms with E-state index in [2.05, 4.69) is 32.6 Å². The van der Waals surface area contributed by atoms with Crippen LogP contribution in [0.15, 0.2) is 0 Å². The monoisotopic (exact) mass is 255 g/mol. The van der Waals surface area contributed by atoms with Crippen LogP contribution in [-0.2, 0) is 4.79 Å². The van der Waals surface area contributed by atoms with E-state index in [-0.39, 0.29) is 0 Å². The van der Waals surface area contributed by atoms with Crippen LogP contribution in [0.2, 0.25) is 0 Å². The highest BCUT2D eigenvalue weighted by atomic mass is 16.4. The van der Waals surface area contributed by atoms with Crippen LogP contribution in [0.3, 0.4) is 0 Å². The Kier molecular flexibility index (Phi) is 3.70. The molecule has 18 heavy (non-hydrogen) atoms. The molecule has 2 bridgehead atoms. The molecule has 3 aliphatic rings. The quantitative estimate of drug-likeness (QED) is 0.775. The Morgan fingerprint density at radius 2 is 2.00 bits per heavy atom. The zero-order chi connectivity index (χ0) is 13.5. The molecule has 0 amide bonds. The van der Waals surface area contributed by atoms with Gasteiger partial charge in [-0.25, -0.2) is 4.79 Å². The lowest BCUT2D eigenvalue weighted by Gasteiger charge is -2.59. The number of carbonyl (C=O) groups is 1. The van der Waals surface area contributed by atoms with Crippen LogP contribution in [0.4, 0.5) is 0 Å². The summed E-state index contributed by atoms with van der Waals surface area (Å²) in [6.07, 6.45) is 2.44. The maximum absolute atomic E-state index is 11.2. The zero-order valence-electron chi connectivity index (χ0n) is 12.1. The van der Waals surface area contributed by atoms with Gasteiger partial charge in [-0.2, -0.15) is 0 Å². The van der Waals surface area contributed by atoms with Crippen LogP contribution in [-0.4, -0.2) is 64.3 Å². The maximum atomic E-state index is 11.2. The number of aliphatic carboxylic acids is 1. The Morgan fingerprint density at radius 3 is 2.39 bits per heavy atom. The van der Waals surface area contributed by atoms with Crippen molar-refractivity contribution in [3.63, 3.8) is 0 Å². The first-order valence-corrected chi connectivity index (χ1v) is 7.21. The summed E-state index contributed by atoms with van der Waals surface area (Å²) in [5.41, 5.74) is 0. The molecule has 3 heterocycles. The van der Waals surface area contributed by atoms with E-state index in [1.54, 1.807) is 0 Å². The van der Waals surface area contributed by atoms with Crippen LogP contribution in [0, 0.1) is 0 Å². The van der Waals surface area contributed by atoms with Gasteiger partial charge in [0.05, 0.1) is 25.2 Å². The van der Waals surface area contributed by atoms with Gasteiger partial charge in [0.25, 0.3) is 0 Å². The summed E-state index contributed by atoms with van der Waals surface area (Å²) in [6, 6.07) is 2.07. The molecule has 3 rings (SSSR count). The lowest BCUT2D eigenvalue weighted by Crippen LogP contribution is -2.75. The van der Waals surface area contributed by atoms with Gasteiger partial charge < -0.3 is 9.59 Å². The van der Waals surface area contributed by atoms with Gasteiger partial charge in [-0.1, -0.05) is 0 Å². The summed E-state index contributed by atoms with van der Waals surface area (Å²) < 4.78 is 0.795. The normalized spacial score (nSPS) is 36.6. The van der Waals surface area contributed by atoms with Gasteiger partial charge in [0.15, 0.2) is 6.54 Å². The van der Waals surface area contributed by atoms with E-state index in [1.807, 2.05) is 0 Å². The third-order valence-electron chi connectivity index (χ3n) is 5.12. The highest BCUT2D eigenvalue weighted by Gasteiger charge is 2.53. The molecule has 0 radical (unpaired) electrons. The summed E-state index contributed by atoms with van der Waals surface area (Å²) in [4.78, 5) is 13.8. The van der Waals surface area contributed by atoms with Gasteiger partial charge in [0, 0.05) is 12.5 Å². The molecule has 0 aliphatic carbocycles. The number of rotatable bonds is 4. The summed E-state index contributed by atoms with van der Waals surface area (Å²) >= 11 is 0. The summed E-state index contributed by atoms with van der Waals surface area (Å²) in [5.74, 6) is -0.646. The largest absolute Gasteiger partial charge is 0.477 e. The molecule has 3 aliphatic heterocycles. The summed E-state index contributed by atoms with van der Waals surface area (Å²) in [6.45, 7) is 11.3. The Morgan fingerprint density at radius 1 is 1.33 bits per heavy atom. The van der Waals surface area contributed by atoms with E-state index in [1.165, 1.54) is 12.8 Å². The number of piperazine rings is 1. The molecule has 4 heteroatoms. The predicted molar refractivity (Wildman–Crippen MR) is 71.4 cm³/mol. The van der Waals surface area contributed by atoms with E-state index < -0.39 is 5.97 Å². The molecular weight excluding hydrogens is 228 g/mol. The summed E-state index contributed by atoms with van der Waals surface area (Å²) in [7, 11) is 0. The average molecular weight is 255 g/mol. The standard InChI is InChI=1S/C14H26N2O2/c1-10(2)15-7-13-6-5-12(15)8-16(13,11(3)4)9-14(17)18/h10-13H,5-9H2,1-4H3/p+1/t12?,13-,16?/m0/s1. The van der Waals surface area contributed by atoms with Crippen molar-refractivity contribution in [2.45, 2.75) is 64.7 Å². The molecule has 0 saturated carbocycles. The van der Waals surface area contributed by atoms with Gasteiger partial charge in [-0.3, -0.25) is 4.90 Å². The van der Waals surface area contributed by atoms with Crippen LogP contribution in [0.25, 0.3) is 0 Å². The number of hydrogen-bond donors (Lipinski definition) is 1. The Hall–Kier alpha value is -0.610. The molecule has 3 fully saturated rings. The van der Waals surface area contributed by atoms with Crippen LogP contribution in [0.5, 0.6) is 0 Å². The van der Waals surface area contributed by atoms with Crippen molar-refractivity contribution >= 4 is 5.97 Å². The van der Waals surface area contributed by atoms with Crippen molar-refractivity contribution in [3.05, 3.63) is 0 Å². The van der Waals surface area contributed by atoms with Crippen LogP contribution < -0.4 is 0 Å². The van der Waals surface area contributed by atoms with Gasteiger partial charge in [-0.05, 0) is 34.1 Å². The summed E-state index contributed by atoms with van der Waals surface area (Å²) in [5, 5.41) is 9.25. The fourth-order valence-corrected chi connectivity index (χ4v) is 4.08. The third kappa shape index (κ3) is 2.16. The van der Waals surface area contributed by atoms with Crippen molar-refractivity contribution in [2.75, 3.05) is 19.6 Å². The Balaban J connectivity index is 2.23. The fraction of sp³-hybridized carbons (Fsp3) is 0.929. The molecule has 4 nitrogen and oxygen atoms in total. The number of quaternary nitrogens is 1. The fourth-order valence-electron chi connectivity index (χ4n) is 4.08. The van der Waals surface area contributed by atoms with Crippen molar-refractivity contribution < 1.29 is 14.4 Å². The molecule has 0 spiro atoms. The number of hydrogen-bond acceptors (Lipinski definition) is 2. The lowest BCUT2D eigenvalue weighted by molar-refractivity contribution is -0.975. The second kappa shape index (κ2) is 4.82. The van der Waals surface area contributed by atoms with E-state index in [9.17, 15) is 9.90 Å². The molecular formula is C14H27N2O2+. The smallest absolute Gasteiger partial charge is 0.359 e. The van der Waals surface area contributed by atoms with Crippen molar-refractivity contribution in [3.8, 4) is 0 Å². The number of nitrogens with zero attached hydrogens (tertiary/aromatic N) is 2. The second-order valence-electron chi connectivity index (χ2n) is 6.61. The molecule has 3 atom stereocenters. The minimum Gasteiger partial charge on any atom is -0.477 e. The number of carboxylic acid groups (broad SMARTS) is 1. The van der Waals surface area contributed by atoms with E-state index in [4.69, 9.17) is 0 Å². The number of carboxylic acids is 1. The minimum atomic E-state index is -0.646. The van der Waals surface area contributed by atoms with Crippen molar-refractivity contribution in [1.29, 1.82) is 0 Å². The van der Waals surface area contributed by atoms with E-state index in [0.717, 1.165) is 17.6 Å². The highest BCUT2D eigenvalue weighted by molar-refractivity contribution is 5.68. The van der Waals surface area contributed by atoms with Gasteiger partial charge >= 0.3 is 5.97 Å². The van der Waals surface area contributed by atoms with Gasteiger partial charge in [0.1, 0.15) is 6.04 Å². The molecule has 1 N–H and O–H groups in total. The van der Waals surface area contributed by atoms with E-state index >= 15 is 0 Å². The van der Waals surface area contributed by atoms with Crippen LogP contribution in [0.1, 0.15) is 40.5 Å². The van der Waals surface area contributed by atoms with Crippen molar-refractivity contribution in [1.82, 2.24) is 4.90 Å². The number of fused-ring (bicyclic) bond motifs is 3. The molecule has 104 valence electrons. The maximum Gasteiger partial charge on any atom is 0.359 e. The Bertz CT molecular complexity index is 330. The lowest BCUT2D eigenvalue weighted by atomic mass is 9.85. The zero-order valence-corrected chi connectivity index (χ0v) is 12.1. The SMILES string of the molecule is CC(C)N1C[C@@H]2CCC1C[N+]2(CC(=O)O)C(C)C. The Labute approximate surface area is 110 Å². The molecule has 0 aromatic carbocycles. The highest BCUT2D eigenvalue weighted by Crippen LogP contribution is 2.37.